The third kappa shape index (κ3) is 6.92. The molecule has 8 rings (SSSR count). The lowest BCUT2D eigenvalue weighted by atomic mass is 9.80. The maximum absolute atomic E-state index is 13.8. The number of carbonyl (C=O) groups excluding carboxylic acids is 2. The van der Waals surface area contributed by atoms with Crippen LogP contribution in [0.25, 0.3) is 11.1 Å². The van der Waals surface area contributed by atoms with E-state index in [1.165, 1.54) is 0 Å². The SMILES string of the molecule is Cc1c(NC(=O)c2nc3c(n2C)CCN(C[C@H](C)O)C3)cccc1-c1cccc(NC(=O)c2nc3c(n2C)CCN(CCC24CCC(C(=O)O)(CC2)C4)C3)c1Cl. The van der Waals surface area contributed by atoms with Gasteiger partial charge in [0.05, 0.1) is 33.6 Å². The van der Waals surface area contributed by atoms with Crippen molar-refractivity contribution in [3.8, 4) is 11.1 Å². The summed E-state index contributed by atoms with van der Waals surface area (Å²) in [5.41, 5.74) is 6.89. The van der Waals surface area contributed by atoms with Crippen LogP contribution >= 0.6 is 11.6 Å². The molecule has 4 aliphatic rings. The quantitative estimate of drug-likeness (QED) is 0.147. The molecule has 4 N–H and O–H groups in total. The Bertz CT molecular complexity index is 2220. The summed E-state index contributed by atoms with van der Waals surface area (Å²) in [6.45, 7) is 8.06. The van der Waals surface area contributed by atoms with Gasteiger partial charge in [-0.15, -0.1) is 0 Å². The first-order chi connectivity index (χ1) is 26.8. The minimum absolute atomic E-state index is 0.138. The van der Waals surface area contributed by atoms with Gasteiger partial charge in [0.1, 0.15) is 0 Å². The number of anilines is 2. The second-order valence-electron chi connectivity index (χ2n) is 16.7. The first-order valence-corrected chi connectivity index (χ1v) is 20.1. The van der Waals surface area contributed by atoms with Gasteiger partial charge >= 0.3 is 5.97 Å². The Morgan fingerprint density at radius 1 is 0.839 bits per heavy atom. The van der Waals surface area contributed by atoms with E-state index >= 15 is 0 Å². The number of nitrogens with one attached hydrogen (secondary N) is 2. The molecule has 2 bridgehead atoms. The molecule has 14 heteroatoms. The average Bonchev–Trinajstić information content (AvgIpc) is 3.92. The molecule has 4 heterocycles. The number of fused-ring (bicyclic) bond motifs is 4. The molecule has 2 aliphatic heterocycles. The first kappa shape index (κ1) is 38.3. The fourth-order valence-electron chi connectivity index (χ4n) is 9.90. The van der Waals surface area contributed by atoms with Crippen molar-refractivity contribution in [1.82, 2.24) is 28.9 Å². The Labute approximate surface area is 332 Å². The fraction of sp³-hybridized carbons (Fsp3) is 0.500. The Morgan fingerprint density at radius 3 is 1.98 bits per heavy atom. The highest BCUT2D eigenvalue weighted by Crippen LogP contribution is 2.63. The van der Waals surface area contributed by atoms with Crippen LogP contribution in [0.2, 0.25) is 5.02 Å². The second kappa shape index (κ2) is 14.7. The van der Waals surface area contributed by atoms with E-state index in [9.17, 15) is 24.6 Å². The predicted octanol–water partition coefficient (Wildman–Crippen LogP) is 5.81. The number of benzene rings is 2. The first-order valence-electron chi connectivity index (χ1n) is 19.7. The molecule has 2 fully saturated rings. The molecule has 1 atom stereocenters. The summed E-state index contributed by atoms with van der Waals surface area (Å²) in [6.07, 6.45) is 6.48. The lowest BCUT2D eigenvalue weighted by Gasteiger charge is -2.32. The van der Waals surface area contributed by atoms with Gasteiger partial charge in [0, 0.05) is 82.3 Å². The molecule has 0 radical (unpaired) electrons. The Kier molecular flexibility index (Phi) is 10.1. The molecule has 4 aromatic rings. The molecule has 2 amide bonds. The Hall–Kier alpha value is -4.56. The number of rotatable bonds is 11. The van der Waals surface area contributed by atoms with Gasteiger partial charge in [-0.05, 0) is 87.6 Å². The molecule has 0 unspecified atom stereocenters. The average molecular weight is 783 g/mol. The molecule has 2 aliphatic carbocycles. The smallest absolute Gasteiger partial charge is 0.309 e. The topological polar surface area (TPSA) is 158 Å². The number of carboxylic acid groups (broad SMARTS) is 1. The lowest BCUT2D eigenvalue weighted by molar-refractivity contribution is -0.148. The largest absolute Gasteiger partial charge is 0.481 e. The zero-order valence-electron chi connectivity index (χ0n) is 32.6. The van der Waals surface area contributed by atoms with Crippen molar-refractivity contribution < 1.29 is 24.6 Å². The number of amides is 2. The van der Waals surface area contributed by atoms with Crippen LogP contribution in [0.5, 0.6) is 0 Å². The van der Waals surface area contributed by atoms with Crippen LogP contribution in [-0.4, -0.2) is 89.2 Å². The zero-order valence-corrected chi connectivity index (χ0v) is 33.4. The molecule has 0 saturated heterocycles. The van der Waals surface area contributed by atoms with E-state index in [0.29, 0.717) is 53.2 Å². The van der Waals surface area contributed by atoms with Crippen LogP contribution in [0.15, 0.2) is 36.4 Å². The van der Waals surface area contributed by atoms with E-state index in [2.05, 4.69) is 20.4 Å². The number of aliphatic hydroxyl groups is 1. The van der Waals surface area contributed by atoms with E-state index in [-0.39, 0.29) is 17.2 Å². The van der Waals surface area contributed by atoms with Crippen molar-refractivity contribution in [1.29, 1.82) is 0 Å². The van der Waals surface area contributed by atoms with Gasteiger partial charge in [-0.3, -0.25) is 24.2 Å². The maximum atomic E-state index is 13.8. The van der Waals surface area contributed by atoms with Crippen LogP contribution in [0.3, 0.4) is 0 Å². The Balaban J connectivity index is 0.938. The van der Waals surface area contributed by atoms with Gasteiger partial charge in [0.25, 0.3) is 11.8 Å². The summed E-state index contributed by atoms with van der Waals surface area (Å²) in [5, 5.41) is 26.1. The molecule has 296 valence electrons. The van der Waals surface area contributed by atoms with Crippen LogP contribution < -0.4 is 10.6 Å². The predicted molar refractivity (Wildman–Crippen MR) is 214 cm³/mol. The monoisotopic (exact) mass is 782 g/mol. The molecule has 2 aromatic heterocycles. The van der Waals surface area contributed by atoms with Crippen molar-refractivity contribution in [2.45, 2.75) is 84.4 Å². The van der Waals surface area contributed by atoms with Crippen molar-refractivity contribution in [2.24, 2.45) is 24.9 Å². The van der Waals surface area contributed by atoms with Crippen molar-refractivity contribution >= 4 is 40.8 Å². The number of β-amino-alcohol motifs (C(OH)–C–C–N with tert-alkyl or cyclic N) is 1. The normalized spacial score (nSPS) is 22.5. The van der Waals surface area contributed by atoms with Gasteiger partial charge in [0.2, 0.25) is 0 Å². The molecule has 56 heavy (non-hydrogen) atoms. The number of aliphatic carboxylic acids is 1. The van der Waals surface area contributed by atoms with E-state index in [1.54, 1.807) is 13.0 Å². The Morgan fingerprint density at radius 2 is 1.39 bits per heavy atom. The van der Waals surface area contributed by atoms with Gasteiger partial charge in [0.15, 0.2) is 11.6 Å². The maximum Gasteiger partial charge on any atom is 0.309 e. The molecule has 13 nitrogen and oxygen atoms in total. The molecule has 0 spiro atoms. The number of hydrogen-bond donors (Lipinski definition) is 4. The van der Waals surface area contributed by atoms with Gasteiger partial charge in [-0.1, -0.05) is 35.9 Å². The van der Waals surface area contributed by atoms with Gasteiger partial charge < -0.3 is 30.0 Å². The van der Waals surface area contributed by atoms with Gasteiger partial charge in [-0.25, -0.2) is 9.97 Å². The van der Waals surface area contributed by atoms with Crippen molar-refractivity contribution in [2.75, 3.05) is 36.8 Å². The zero-order chi connectivity index (χ0) is 39.5. The van der Waals surface area contributed by atoms with Crippen molar-refractivity contribution in [3.63, 3.8) is 0 Å². The number of nitrogens with zero attached hydrogens (tertiary/aromatic N) is 6. The van der Waals surface area contributed by atoms with Crippen LogP contribution in [0.1, 0.15) is 95.0 Å². The summed E-state index contributed by atoms with van der Waals surface area (Å²) in [4.78, 5) is 53.4. The summed E-state index contributed by atoms with van der Waals surface area (Å²) in [7, 11) is 3.75. The number of hydrogen-bond acceptors (Lipinski definition) is 8. The van der Waals surface area contributed by atoms with E-state index in [0.717, 1.165) is 105 Å². The number of aliphatic hydroxyl groups excluding tert-OH is 1. The summed E-state index contributed by atoms with van der Waals surface area (Å²) >= 11 is 7.02. The van der Waals surface area contributed by atoms with Gasteiger partial charge in [-0.2, -0.15) is 0 Å². The van der Waals surface area contributed by atoms with Crippen LogP contribution in [0, 0.1) is 17.8 Å². The minimum atomic E-state index is -0.625. The number of carboxylic acids is 1. The molecular weight excluding hydrogens is 732 g/mol. The summed E-state index contributed by atoms with van der Waals surface area (Å²) < 4.78 is 3.74. The fourth-order valence-corrected chi connectivity index (χ4v) is 10.2. The second-order valence-corrected chi connectivity index (χ2v) is 17.1. The number of carbonyl (C=O) groups is 3. The number of imidazole rings is 2. The highest BCUT2D eigenvalue weighted by molar-refractivity contribution is 6.36. The highest BCUT2D eigenvalue weighted by Gasteiger charge is 2.57. The molecular formula is C42H51ClN8O5. The van der Waals surface area contributed by atoms with E-state index in [1.807, 2.05) is 60.5 Å². The molecule has 2 saturated carbocycles. The lowest BCUT2D eigenvalue weighted by Crippen LogP contribution is -2.36. The van der Waals surface area contributed by atoms with Crippen LogP contribution in [-0.2, 0) is 44.8 Å². The standard InChI is InChI=1S/C42H51ClN8O5/c1-25(52)21-51-19-12-34-32(23-51)45-36(49(34)4)38(53)46-29-9-5-7-27(26(29)2)28-8-6-10-30(35(28)43)47-39(54)37-44-31-22-50(18-11-33(31)48(37)3)20-17-41-13-15-42(24-41,16-14-41)40(55)56/h5-10,25,52H,11-24H2,1-4H3,(H,46,53)(H,47,54)(H,55,56)/t25-,41?,42?/m0/s1. The third-order valence-electron chi connectivity index (χ3n) is 13.1. The van der Waals surface area contributed by atoms with E-state index in [4.69, 9.17) is 21.6 Å². The van der Waals surface area contributed by atoms with Crippen molar-refractivity contribution in [3.05, 3.63) is 81.4 Å². The number of halogens is 1. The number of aromatic nitrogens is 4. The summed E-state index contributed by atoms with van der Waals surface area (Å²) in [5.74, 6) is -0.637. The minimum Gasteiger partial charge on any atom is -0.481 e. The van der Waals surface area contributed by atoms with E-state index < -0.39 is 17.5 Å². The third-order valence-corrected chi connectivity index (χ3v) is 13.5. The highest BCUT2D eigenvalue weighted by atomic mass is 35.5. The summed E-state index contributed by atoms with van der Waals surface area (Å²) in [6, 6.07) is 11.2. The molecule has 2 aromatic carbocycles. The van der Waals surface area contributed by atoms with Crippen LogP contribution in [0.4, 0.5) is 11.4 Å².